The molecule has 210 valence electrons. The molecule has 0 aliphatic carbocycles. The van der Waals surface area contributed by atoms with Gasteiger partial charge in [-0.15, -0.1) is 0 Å². The topological polar surface area (TPSA) is 116 Å². The third kappa shape index (κ3) is 6.62. The molecule has 2 aliphatic heterocycles. The molecular formula is C28H35ClN4O5S. The number of anilines is 2. The number of rotatable bonds is 9. The summed E-state index contributed by atoms with van der Waals surface area (Å²) in [4.78, 5) is 39.7. The first-order valence-corrected chi connectivity index (χ1v) is 15.0. The molecule has 2 N–H and O–H groups in total. The van der Waals surface area contributed by atoms with Crippen LogP contribution in [-0.4, -0.2) is 63.1 Å². The summed E-state index contributed by atoms with van der Waals surface area (Å²) in [7, 11) is -4.23. The molecular weight excluding hydrogens is 540 g/mol. The van der Waals surface area contributed by atoms with Crippen molar-refractivity contribution in [3.8, 4) is 0 Å². The number of para-hydroxylation sites is 2. The summed E-state index contributed by atoms with van der Waals surface area (Å²) in [5, 5.41) is 6.06. The molecule has 9 nitrogen and oxygen atoms in total. The van der Waals surface area contributed by atoms with Gasteiger partial charge >= 0.3 is 0 Å². The molecule has 1 saturated heterocycles. The number of hydrogen-bond acceptors (Lipinski definition) is 6. The van der Waals surface area contributed by atoms with E-state index in [1.165, 1.54) is 0 Å². The maximum Gasteiger partial charge on any atom is 0.265 e. The number of hydrogen-bond donors (Lipinski definition) is 2. The lowest BCUT2D eigenvalue weighted by molar-refractivity contribution is -0.125. The Hall–Kier alpha value is -2.95. The molecule has 11 heteroatoms. The summed E-state index contributed by atoms with van der Waals surface area (Å²) in [5.41, 5.74) is 1.59. The minimum Gasteiger partial charge on any atom is -0.356 e. The van der Waals surface area contributed by atoms with E-state index in [1.807, 2.05) is 0 Å². The smallest absolute Gasteiger partial charge is 0.265 e. The van der Waals surface area contributed by atoms with Crippen molar-refractivity contribution < 1.29 is 22.8 Å². The third-order valence-electron chi connectivity index (χ3n) is 7.33. The zero-order valence-corrected chi connectivity index (χ0v) is 24.1. The van der Waals surface area contributed by atoms with Crippen molar-refractivity contribution in [1.82, 2.24) is 10.2 Å². The summed E-state index contributed by atoms with van der Waals surface area (Å²) in [6.07, 6.45) is 2.38. The molecule has 2 aromatic rings. The van der Waals surface area contributed by atoms with Crippen LogP contribution in [0.25, 0.3) is 0 Å². The van der Waals surface area contributed by atoms with Gasteiger partial charge in [-0.05, 0) is 94.4 Å². The molecule has 1 unspecified atom stereocenters. The van der Waals surface area contributed by atoms with E-state index in [1.54, 1.807) is 57.2 Å². The van der Waals surface area contributed by atoms with Crippen LogP contribution in [0.3, 0.4) is 0 Å². The number of likely N-dealkylation sites (tertiary alicyclic amines) is 1. The normalized spacial score (nSPS) is 18.4. The van der Waals surface area contributed by atoms with Gasteiger partial charge in [0.25, 0.3) is 10.0 Å². The number of nitrogens with one attached hydrogen (secondary N) is 2. The molecule has 0 radical (unpaired) electrons. The highest BCUT2D eigenvalue weighted by Crippen LogP contribution is 2.39. The highest BCUT2D eigenvalue weighted by Gasteiger charge is 2.43. The number of carbonyl (C=O) groups is 3. The molecule has 1 fully saturated rings. The second kappa shape index (κ2) is 12.1. The Balaban J connectivity index is 1.49. The summed E-state index contributed by atoms with van der Waals surface area (Å²) >= 11 is 6.15. The molecule has 2 aliphatic rings. The Morgan fingerprint density at radius 3 is 2.38 bits per heavy atom. The number of carbonyl (C=O) groups excluding carboxylic acids is 3. The largest absolute Gasteiger partial charge is 0.356 e. The molecule has 39 heavy (non-hydrogen) atoms. The molecule has 0 bridgehead atoms. The first kappa shape index (κ1) is 29.0. The van der Waals surface area contributed by atoms with Gasteiger partial charge in [0.1, 0.15) is 11.8 Å². The van der Waals surface area contributed by atoms with Crippen LogP contribution in [0.5, 0.6) is 0 Å². The van der Waals surface area contributed by atoms with Gasteiger partial charge < -0.3 is 10.6 Å². The molecule has 0 spiro atoms. The lowest BCUT2D eigenvalue weighted by Crippen LogP contribution is -2.53. The summed E-state index contributed by atoms with van der Waals surface area (Å²) in [6.45, 7) is 7.54. The fourth-order valence-corrected chi connectivity index (χ4v) is 7.93. The number of halogens is 1. The van der Waals surface area contributed by atoms with Gasteiger partial charge in [-0.25, -0.2) is 8.42 Å². The van der Waals surface area contributed by atoms with Gasteiger partial charge in [-0.2, -0.15) is 0 Å². The SMILES string of the molecule is CC(=O)CN1CCC(CCNC(=O)CC2C(=O)Nc3ccccc3N2S(=O)(=O)c2c(C)cc(Cl)cc2C)CC1. The number of piperidine rings is 1. The number of benzene rings is 2. The summed E-state index contributed by atoms with van der Waals surface area (Å²) in [5.74, 6) is -0.360. The zero-order chi connectivity index (χ0) is 28.3. The van der Waals surface area contributed by atoms with Crippen molar-refractivity contribution in [3.05, 3.63) is 52.5 Å². The average molecular weight is 575 g/mol. The van der Waals surface area contributed by atoms with Crippen LogP contribution in [0.4, 0.5) is 11.4 Å². The highest BCUT2D eigenvalue weighted by atomic mass is 35.5. The van der Waals surface area contributed by atoms with E-state index < -0.39 is 27.9 Å². The van der Waals surface area contributed by atoms with E-state index in [0.717, 1.165) is 36.7 Å². The monoisotopic (exact) mass is 574 g/mol. The van der Waals surface area contributed by atoms with E-state index in [-0.39, 0.29) is 17.1 Å². The number of sulfonamides is 1. The van der Waals surface area contributed by atoms with E-state index >= 15 is 0 Å². The van der Waals surface area contributed by atoms with Crippen LogP contribution in [-0.2, 0) is 24.4 Å². The van der Waals surface area contributed by atoms with Gasteiger partial charge in [0.15, 0.2) is 0 Å². The van der Waals surface area contributed by atoms with Gasteiger partial charge in [-0.3, -0.25) is 23.6 Å². The molecule has 1 atom stereocenters. The molecule has 4 rings (SSSR count). The fraction of sp³-hybridized carbons (Fsp3) is 0.464. The first-order valence-electron chi connectivity index (χ1n) is 13.2. The quantitative estimate of drug-likeness (QED) is 0.472. The van der Waals surface area contributed by atoms with Crippen molar-refractivity contribution >= 4 is 50.6 Å². The summed E-state index contributed by atoms with van der Waals surface area (Å²) < 4.78 is 29.3. The van der Waals surface area contributed by atoms with Crippen LogP contribution >= 0.6 is 11.6 Å². The van der Waals surface area contributed by atoms with E-state index in [4.69, 9.17) is 11.6 Å². The van der Waals surface area contributed by atoms with Crippen molar-refractivity contribution in [2.45, 2.75) is 57.4 Å². The lowest BCUT2D eigenvalue weighted by atomic mass is 9.93. The maximum atomic E-state index is 14.1. The van der Waals surface area contributed by atoms with Crippen molar-refractivity contribution in [1.29, 1.82) is 0 Å². The minimum atomic E-state index is -4.23. The van der Waals surface area contributed by atoms with Crippen molar-refractivity contribution in [2.24, 2.45) is 5.92 Å². The molecule has 2 heterocycles. The number of amides is 2. The predicted octanol–water partition coefficient (Wildman–Crippen LogP) is 3.67. The Morgan fingerprint density at radius 2 is 1.74 bits per heavy atom. The molecule has 2 aromatic carbocycles. The average Bonchev–Trinajstić information content (AvgIpc) is 2.84. The van der Waals surface area contributed by atoms with Gasteiger partial charge in [-0.1, -0.05) is 23.7 Å². The molecule has 2 amide bonds. The van der Waals surface area contributed by atoms with Gasteiger partial charge in [0.05, 0.1) is 29.2 Å². The lowest BCUT2D eigenvalue weighted by Gasteiger charge is -2.37. The Labute approximate surface area is 234 Å². The number of fused-ring (bicyclic) bond motifs is 1. The van der Waals surface area contributed by atoms with Crippen molar-refractivity contribution in [2.75, 3.05) is 35.8 Å². The van der Waals surface area contributed by atoms with Gasteiger partial charge in [0, 0.05) is 11.6 Å². The number of Topliss-reactive ketones (excluding diaryl/α,β-unsaturated/α-hetero) is 1. The van der Waals surface area contributed by atoms with Crippen LogP contribution in [0.1, 0.15) is 43.7 Å². The van der Waals surface area contributed by atoms with Crippen LogP contribution in [0, 0.1) is 19.8 Å². The van der Waals surface area contributed by atoms with E-state index in [0.29, 0.717) is 46.5 Å². The maximum absolute atomic E-state index is 14.1. The second-order valence-electron chi connectivity index (χ2n) is 10.5. The van der Waals surface area contributed by atoms with Crippen LogP contribution in [0.15, 0.2) is 41.3 Å². The summed E-state index contributed by atoms with van der Waals surface area (Å²) in [6, 6.07) is 8.55. The highest BCUT2D eigenvalue weighted by molar-refractivity contribution is 7.93. The van der Waals surface area contributed by atoms with Crippen molar-refractivity contribution in [3.63, 3.8) is 0 Å². The minimum absolute atomic E-state index is 0.0675. The number of aryl methyl sites for hydroxylation is 2. The van der Waals surface area contributed by atoms with Gasteiger partial charge in [0.2, 0.25) is 11.8 Å². The number of ketones is 1. The Morgan fingerprint density at radius 1 is 1.10 bits per heavy atom. The Bertz CT molecular complexity index is 1350. The Kier molecular flexibility index (Phi) is 8.98. The number of nitrogens with zero attached hydrogens (tertiary/aromatic N) is 2. The van der Waals surface area contributed by atoms with E-state index in [2.05, 4.69) is 15.5 Å². The van der Waals surface area contributed by atoms with Crippen LogP contribution in [0.2, 0.25) is 5.02 Å². The fourth-order valence-electron chi connectivity index (χ4n) is 5.55. The second-order valence-corrected chi connectivity index (χ2v) is 12.6. The van der Waals surface area contributed by atoms with Crippen LogP contribution < -0.4 is 14.9 Å². The predicted molar refractivity (Wildman–Crippen MR) is 152 cm³/mol. The first-order chi connectivity index (χ1) is 18.5. The third-order valence-corrected chi connectivity index (χ3v) is 9.68. The standard InChI is InChI=1S/C28H35ClN4O5S/c1-18-14-22(29)15-19(2)27(18)39(37,38)33-24-7-5-4-6-23(24)31-28(36)25(33)16-26(35)30-11-8-21-9-12-32(13-10-21)17-20(3)34/h4-7,14-15,21,25H,8-13,16-17H2,1-3H3,(H,30,35)(H,31,36). The molecule has 0 saturated carbocycles. The zero-order valence-electron chi connectivity index (χ0n) is 22.5. The molecule has 0 aromatic heterocycles. The van der Waals surface area contributed by atoms with E-state index in [9.17, 15) is 22.8 Å².